The van der Waals surface area contributed by atoms with Crippen LogP contribution in [0.3, 0.4) is 0 Å². The van der Waals surface area contributed by atoms with Crippen molar-refractivity contribution in [1.29, 1.82) is 0 Å². The van der Waals surface area contributed by atoms with E-state index in [2.05, 4.69) is 5.32 Å². The molecule has 1 aromatic heterocycles. The van der Waals surface area contributed by atoms with Crippen LogP contribution in [0.4, 0.5) is 0 Å². The number of thiocarbonyl (C=S) groups is 1. The molecule has 7 heteroatoms. The van der Waals surface area contributed by atoms with E-state index in [4.69, 9.17) is 22.7 Å². The van der Waals surface area contributed by atoms with Crippen LogP contribution in [-0.2, 0) is 11.3 Å². The minimum atomic E-state index is -0.303. The average Bonchev–Trinajstić information content (AvgIpc) is 2.45. The van der Waals surface area contributed by atoms with E-state index in [9.17, 15) is 9.59 Å². The lowest BCUT2D eigenvalue weighted by Crippen LogP contribution is -2.33. The highest BCUT2D eigenvalue weighted by Crippen LogP contribution is 2.05. The van der Waals surface area contributed by atoms with Crippen LogP contribution in [0.15, 0.2) is 23.1 Å². The van der Waals surface area contributed by atoms with Crippen LogP contribution in [0.1, 0.15) is 20.8 Å². The summed E-state index contributed by atoms with van der Waals surface area (Å²) in [6.07, 6.45) is 1.64. The Bertz CT molecular complexity index is 584. The maximum Gasteiger partial charge on any atom is 0.292 e. The van der Waals surface area contributed by atoms with Crippen LogP contribution in [0.2, 0.25) is 0 Å². The molecule has 1 unspecified atom stereocenters. The summed E-state index contributed by atoms with van der Waals surface area (Å²) in [5.41, 5.74) is 5.26. The maximum atomic E-state index is 12.2. The molecule has 0 radical (unpaired) electrons. The van der Waals surface area contributed by atoms with E-state index in [0.717, 1.165) is 0 Å². The molecule has 0 aromatic carbocycles. The number of nitrogens with two attached hydrogens (primary N) is 1. The summed E-state index contributed by atoms with van der Waals surface area (Å²) < 4.78 is 6.78. The third-order valence-electron chi connectivity index (χ3n) is 3.01. The first-order chi connectivity index (χ1) is 10.3. The summed E-state index contributed by atoms with van der Waals surface area (Å²) in [7, 11) is 0. The Labute approximate surface area is 135 Å². The van der Waals surface area contributed by atoms with E-state index in [0.29, 0.717) is 24.0 Å². The standard InChI is InChI=1S/C15H23N3O3S/c1-10(2)7-17-13(19)9-21-12-5-4-6-18(15(12)20)8-11(3)14(16)22/h4-6,10-11H,7-9H2,1-3H3,(H2,16,22)(H,17,19). The molecule has 1 atom stereocenters. The third kappa shape index (κ3) is 5.85. The fourth-order valence-corrected chi connectivity index (χ4v) is 1.74. The molecule has 0 fully saturated rings. The summed E-state index contributed by atoms with van der Waals surface area (Å²) >= 11 is 4.91. The van der Waals surface area contributed by atoms with Gasteiger partial charge in [-0.25, -0.2) is 0 Å². The van der Waals surface area contributed by atoms with Crippen molar-refractivity contribution in [2.75, 3.05) is 13.2 Å². The molecule has 0 bridgehead atoms. The summed E-state index contributed by atoms with van der Waals surface area (Å²) in [5.74, 6) is 0.147. The van der Waals surface area contributed by atoms with Gasteiger partial charge in [0.2, 0.25) is 0 Å². The summed E-state index contributed by atoms with van der Waals surface area (Å²) in [6.45, 7) is 6.62. The molecule has 0 aliphatic rings. The lowest BCUT2D eigenvalue weighted by Gasteiger charge is -2.13. The van der Waals surface area contributed by atoms with Gasteiger partial charge in [-0.3, -0.25) is 9.59 Å². The maximum absolute atomic E-state index is 12.2. The van der Waals surface area contributed by atoms with Gasteiger partial charge in [-0.15, -0.1) is 0 Å². The second kappa shape index (κ2) is 8.53. The molecule has 1 heterocycles. The number of carbonyl (C=O) groups excluding carboxylic acids is 1. The monoisotopic (exact) mass is 325 g/mol. The molecule has 1 aromatic rings. The number of aromatic nitrogens is 1. The first-order valence-electron chi connectivity index (χ1n) is 7.19. The molecule has 0 saturated heterocycles. The largest absolute Gasteiger partial charge is 0.478 e. The molecule has 0 aliphatic carbocycles. The van der Waals surface area contributed by atoms with Crippen LogP contribution in [0.25, 0.3) is 0 Å². The van der Waals surface area contributed by atoms with Crippen molar-refractivity contribution in [2.45, 2.75) is 27.3 Å². The molecule has 0 aliphatic heterocycles. The fourth-order valence-electron chi connectivity index (χ4n) is 1.67. The molecule has 122 valence electrons. The second-order valence-corrected chi connectivity index (χ2v) is 6.09. The van der Waals surface area contributed by atoms with E-state index in [-0.39, 0.29) is 29.7 Å². The number of carbonyl (C=O) groups is 1. The first-order valence-corrected chi connectivity index (χ1v) is 7.60. The molecule has 1 rings (SSSR count). The number of hydrogen-bond donors (Lipinski definition) is 2. The average molecular weight is 325 g/mol. The van der Waals surface area contributed by atoms with Crippen LogP contribution < -0.4 is 21.3 Å². The zero-order chi connectivity index (χ0) is 16.7. The smallest absolute Gasteiger partial charge is 0.292 e. The van der Waals surface area contributed by atoms with Crippen molar-refractivity contribution < 1.29 is 9.53 Å². The molecule has 0 saturated carbocycles. The quantitative estimate of drug-likeness (QED) is 0.694. The van der Waals surface area contributed by atoms with Gasteiger partial charge >= 0.3 is 0 Å². The van der Waals surface area contributed by atoms with E-state index >= 15 is 0 Å². The summed E-state index contributed by atoms with van der Waals surface area (Å²) in [4.78, 5) is 24.2. The van der Waals surface area contributed by atoms with Gasteiger partial charge < -0.3 is 20.4 Å². The van der Waals surface area contributed by atoms with Crippen LogP contribution in [0.5, 0.6) is 5.75 Å². The van der Waals surface area contributed by atoms with E-state index in [1.54, 1.807) is 18.3 Å². The number of hydrogen-bond acceptors (Lipinski definition) is 4. The SMILES string of the molecule is CC(C)CNC(=O)COc1cccn(CC(C)C(N)=S)c1=O. The second-order valence-electron chi connectivity index (χ2n) is 5.62. The Balaban J connectivity index is 2.67. The Morgan fingerprint density at radius 1 is 1.45 bits per heavy atom. The number of pyridine rings is 1. The summed E-state index contributed by atoms with van der Waals surface area (Å²) in [6, 6.07) is 3.23. The Kier molecular flexibility index (Phi) is 7.04. The minimum absolute atomic E-state index is 0.0997. The zero-order valence-electron chi connectivity index (χ0n) is 13.2. The number of rotatable bonds is 8. The highest BCUT2D eigenvalue weighted by atomic mass is 32.1. The van der Waals surface area contributed by atoms with E-state index in [1.165, 1.54) is 4.57 Å². The highest BCUT2D eigenvalue weighted by molar-refractivity contribution is 7.80. The topological polar surface area (TPSA) is 86.3 Å². The molecular formula is C15H23N3O3S. The van der Waals surface area contributed by atoms with Crippen LogP contribution in [0, 0.1) is 11.8 Å². The summed E-state index contributed by atoms with van der Waals surface area (Å²) in [5, 5.41) is 2.73. The molecule has 1 amide bonds. The Hall–Kier alpha value is -1.89. The first kappa shape index (κ1) is 18.2. The number of ether oxygens (including phenoxy) is 1. The predicted molar refractivity (Wildman–Crippen MR) is 90.0 cm³/mol. The van der Waals surface area contributed by atoms with E-state index in [1.807, 2.05) is 20.8 Å². The molecular weight excluding hydrogens is 302 g/mol. The number of nitrogens with zero attached hydrogens (tertiary/aromatic N) is 1. The lowest BCUT2D eigenvalue weighted by atomic mass is 10.2. The fraction of sp³-hybridized carbons (Fsp3) is 0.533. The third-order valence-corrected chi connectivity index (χ3v) is 3.41. The van der Waals surface area contributed by atoms with Gasteiger partial charge in [-0.1, -0.05) is 33.0 Å². The van der Waals surface area contributed by atoms with Crippen molar-refractivity contribution in [3.05, 3.63) is 28.7 Å². The highest BCUT2D eigenvalue weighted by Gasteiger charge is 2.11. The van der Waals surface area contributed by atoms with Crippen molar-refractivity contribution >= 4 is 23.1 Å². The van der Waals surface area contributed by atoms with Gasteiger partial charge in [0.05, 0.1) is 4.99 Å². The zero-order valence-corrected chi connectivity index (χ0v) is 14.0. The molecule has 3 N–H and O–H groups in total. The van der Waals surface area contributed by atoms with Gasteiger partial charge in [-0.2, -0.15) is 0 Å². The van der Waals surface area contributed by atoms with Gasteiger partial charge in [0.15, 0.2) is 12.4 Å². The molecule has 0 spiro atoms. The van der Waals surface area contributed by atoms with Crippen molar-refractivity contribution in [1.82, 2.24) is 9.88 Å². The number of amides is 1. The lowest BCUT2D eigenvalue weighted by molar-refractivity contribution is -0.123. The van der Waals surface area contributed by atoms with Crippen molar-refractivity contribution in [2.24, 2.45) is 17.6 Å². The van der Waals surface area contributed by atoms with Crippen LogP contribution in [-0.4, -0.2) is 28.6 Å². The minimum Gasteiger partial charge on any atom is -0.478 e. The van der Waals surface area contributed by atoms with Crippen molar-refractivity contribution in [3.8, 4) is 5.75 Å². The van der Waals surface area contributed by atoms with Crippen molar-refractivity contribution in [3.63, 3.8) is 0 Å². The van der Waals surface area contributed by atoms with Gasteiger partial charge in [0.25, 0.3) is 11.5 Å². The van der Waals surface area contributed by atoms with E-state index < -0.39 is 0 Å². The molecule has 6 nitrogen and oxygen atoms in total. The predicted octanol–water partition coefficient (Wildman–Crippen LogP) is 0.922. The van der Waals surface area contributed by atoms with Gasteiger partial charge in [-0.05, 0) is 18.1 Å². The Morgan fingerprint density at radius 3 is 2.73 bits per heavy atom. The van der Waals surface area contributed by atoms with Gasteiger partial charge in [0, 0.05) is 25.2 Å². The van der Waals surface area contributed by atoms with Crippen LogP contribution >= 0.6 is 12.2 Å². The number of nitrogens with one attached hydrogen (secondary N) is 1. The normalized spacial score (nSPS) is 12.0. The van der Waals surface area contributed by atoms with Gasteiger partial charge in [0.1, 0.15) is 0 Å². The molecule has 22 heavy (non-hydrogen) atoms. The Morgan fingerprint density at radius 2 is 2.14 bits per heavy atom.